The van der Waals surface area contributed by atoms with E-state index in [-0.39, 0.29) is 5.60 Å². The van der Waals surface area contributed by atoms with Gasteiger partial charge in [-0.2, -0.15) is 0 Å². The molecule has 1 heterocycles. The van der Waals surface area contributed by atoms with Crippen molar-refractivity contribution in [2.45, 2.75) is 38.9 Å². The van der Waals surface area contributed by atoms with Crippen LogP contribution in [0, 0.1) is 12.3 Å². The minimum absolute atomic E-state index is 0.180. The molecule has 0 spiro atoms. The molecule has 0 saturated heterocycles. The van der Waals surface area contributed by atoms with Crippen LogP contribution >= 0.6 is 47.8 Å². The monoisotopic (exact) mass is 648 g/mol. The van der Waals surface area contributed by atoms with E-state index in [2.05, 4.69) is 85.8 Å². The number of halogens is 3. The van der Waals surface area contributed by atoms with E-state index in [1.54, 1.807) is 24.3 Å². The molecule has 0 unspecified atom stereocenters. The average Bonchev–Trinajstić information content (AvgIpc) is 2.78. The molecule has 3 aromatic carbocycles. The molecule has 0 saturated carbocycles. The summed E-state index contributed by atoms with van der Waals surface area (Å²) in [5, 5.41) is 8.74. The van der Waals surface area contributed by atoms with Crippen molar-refractivity contribution in [1.29, 1.82) is 0 Å². The number of aromatic hydroxyl groups is 1. The summed E-state index contributed by atoms with van der Waals surface area (Å²) in [6.45, 7) is 7.81. The molecule has 6 heteroatoms. The van der Waals surface area contributed by atoms with Crippen LogP contribution in [0.5, 0.6) is 17.2 Å². The lowest BCUT2D eigenvalue weighted by atomic mass is 10.0. The molecule has 0 aliphatic carbocycles. The molecule has 3 aromatic rings. The molecule has 1 aliphatic heterocycles. The van der Waals surface area contributed by atoms with Gasteiger partial charge in [-0.3, -0.25) is 0 Å². The summed E-state index contributed by atoms with van der Waals surface area (Å²) in [4.78, 5) is 0. The Kier molecular flexibility index (Phi) is 10.3. The molecule has 0 amide bonds. The first kappa shape index (κ1) is 28.0. The van der Waals surface area contributed by atoms with Crippen molar-refractivity contribution in [3.8, 4) is 29.6 Å². The Labute approximate surface area is 227 Å². The molecule has 3 nitrogen and oxygen atoms in total. The van der Waals surface area contributed by atoms with Crippen LogP contribution in [-0.4, -0.2) is 16.3 Å². The van der Waals surface area contributed by atoms with Crippen LogP contribution in [0.3, 0.4) is 0 Å². The zero-order valence-corrected chi connectivity index (χ0v) is 24.2. The summed E-state index contributed by atoms with van der Waals surface area (Å²) >= 11 is 10.0. The highest BCUT2D eigenvalue weighted by atomic mass is 79.9. The third kappa shape index (κ3) is 9.97. The normalized spacial score (nSPS) is 13.0. The Balaban J connectivity index is 0.000000186. The quantitative estimate of drug-likeness (QED) is 0.281. The highest BCUT2D eigenvalue weighted by molar-refractivity contribution is 9.11. The number of hydrogen-bond acceptors (Lipinski definition) is 3. The second kappa shape index (κ2) is 12.5. The van der Waals surface area contributed by atoms with Crippen LogP contribution in [0.15, 0.2) is 86.2 Å². The number of terminal acetylenes is 1. The minimum Gasteiger partial charge on any atom is -0.508 e. The number of ether oxygens (including phenoxy) is 2. The summed E-state index contributed by atoms with van der Waals surface area (Å²) in [6.07, 6.45) is 9.47. The van der Waals surface area contributed by atoms with E-state index in [4.69, 9.17) is 21.0 Å². The molecular formula is C28H27Br3O3. The fraction of sp³-hybridized carbons (Fsp3) is 0.214. The van der Waals surface area contributed by atoms with Crippen molar-refractivity contribution in [1.82, 2.24) is 0 Å². The zero-order chi connectivity index (χ0) is 25.4. The average molecular weight is 651 g/mol. The molecule has 178 valence electrons. The van der Waals surface area contributed by atoms with Gasteiger partial charge in [-0.25, -0.2) is 0 Å². The predicted octanol–water partition coefficient (Wildman–Crippen LogP) is 9.03. The van der Waals surface area contributed by atoms with Gasteiger partial charge < -0.3 is 14.6 Å². The first-order valence-electron chi connectivity index (χ1n) is 10.4. The van der Waals surface area contributed by atoms with Crippen LogP contribution in [-0.2, 0) is 0 Å². The lowest BCUT2D eigenvalue weighted by Crippen LogP contribution is -2.27. The Bertz CT molecular complexity index is 1120. The molecule has 1 N–H and O–H groups in total. The van der Waals surface area contributed by atoms with Crippen LogP contribution in [0.2, 0.25) is 0 Å². The van der Waals surface area contributed by atoms with Crippen molar-refractivity contribution in [2.24, 2.45) is 0 Å². The van der Waals surface area contributed by atoms with Gasteiger partial charge in [0.15, 0.2) is 5.60 Å². The molecule has 34 heavy (non-hydrogen) atoms. The Morgan fingerprint density at radius 2 is 1.41 bits per heavy atom. The number of phenols is 1. The molecule has 0 aromatic heterocycles. The predicted molar refractivity (Wildman–Crippen MR) is 151 cm³/mol. The van der Waals surface area contributed by atoms with Crippen LogP contribution in [0.25, 0.3) is 6.08 Å². The van der Waals surface area contributed by atoms with Gasteiger partial charge in [0.05, 0.1) is 0 Å². The van der Waals surface area contributed by atoms with E-state index >= 15 is 0 Å². The zero-order valence-electron chi connectivity index (χ0n) is 19.5. The highest BCUT2D eigenvalue weighted by Gasteiger charge is 2.21. The maximum Gasteiger partial charge on any atom is 0.163 e. The van der Waals surface area contributed by atoms with Gasteiger partial charge in [-0.15, -0.1) is 6.42 Å². The number of rotatable bonds is 2. The van der Waals surface area contributed by atoms with E-state index in [1.807, 2.05) is 50.2 Å². The first-order valence-corrected chi connectivity index (χ1v) is 12.8. The van der Waals surface area contributed by atoms with Gasteiger partial charge in [-0.1, -0.05) is 59.8 Å². The van der Waals surface area contributed by atoms with Crippen molar-refractivity contribution in [3.05, 3.63) is 91.8 Å². The summed E-state index contributed by atoms with van der Waals surface area (Å²) in [5.41, 5.74) is 0.406. The summed E-state index contributed by atoms with van der Waals surface area (Å²) < 4.78 is 14.4. The maximum atomic E-state index is 8.74. The van der Waals surface area contributed by atoms with Gasteiger partial charge in [-0.05, 0) is 101 Å². The van der Waals surface area contributed by atoms with Crippen LogP contribution < -0.4 is 9.47 Å². The second-order valence-electron chi connectivity index (χ2n) is 8.41. The summed E-state index contributed by atoms with van der Waals surface area (Å²) in [6, 6.07) is 20.5. The third-order valence-corrected chi connectivity index (χ3v) is 5.92. The molecule has 4 rings (SSSR count). The smallest absolute Gasteiger partial charge is 0.163 e. The summed E-state index contributed by atoms with van der Waals surface area (Å²) in [5.74, 6) is 4.61. The molecule has 0 bridgehead atoms. The maximum absolute atomic E-state index is 8.74. The fourth-order valence-corrected chi connectivity index (χ4v) is 3.53. The second-order valence-corrected chi connectivity index (χ2v) is 11.2. The fourth-order valence-electron chi connectivity index (χ4n) is 2.62. The molecule has 0 radical (unpaired) electrons. The third-order valence-electron chi connectivity index (χ3n) is 4.37. The molecule has 0 atom stereocenters. The topological polar surface area (TPSA) is 38.7 Å². The van der Waals surface area contributed by atoms with Gasteiger partial charge in [0.2, 0.25) is 0 Å². The van der Waals surface area contributed by atoms with Crippen LogP contribution in [0.4, 0.5) is 0 Å². The number of hydrogen-bond donors (Lipinski definition) is 1. The molecule has 0 fully saturated rings. The Morgan fingerprint density at radius 3 is 1.94 bits per heavy atom. The van der Waals surface area contributed by atoms with E-state index in [0.717, 1.165) is 30.5 Å². The van der Waals surface area contributed by atoms with E-state index in [0.29, 0.717) is 5.75 Å². The number of fused-ring (bicyclic) bond motifs is 1. The lowest BCUT2D eigenvalue weighted by molar-refractivity contribution is 0.159. The van der Waals surface area contributed by atoms with Crippen molar-refractivity contribution in [3.63, 3.8) is 0 Å². The van der Waals surface area contributed by atoms with Crippen molar-refractivity contribution in [2.75, 3.05) is 0 Å². The first-order chi connectivity index (χ1) is 15.9. The number of benzene rings is 3. The van der Waals surface area contributed by atoms with E-state index < -0.39 is 5.60 Å². The number of phenolic OH excluding ortho intramolecular Hbond substituents is 1. The Hall–Kier alpha value is -2.20. The SMILES string of the molecule is C#CC(C)(C)Oc1ccc(Br)cc1.CC1(C)C=Cc2cc(Br)ccc2O1.Oc1ccc(Br)cc1. The van der Waals surface area contributed by atoms with Gasteiger partial charge >= 0.3 is 0 Å². The van der Waals surface area contributed by atoms with Crippen molar-refractivity contribution < 1.29 is 14.6 Å². The highest BCUT2D eigenvalue weighted by Crippen LogP contribution is 2.32. The summed E-state index contributed by atoms with van der Waals surface area (Å²) in [7, 11) is 0. The molecule has 1 aliphatic rings. The van der Waals surface area contributed by atoms with Gasteiger partial charge in [0, 0.05) is 19.0 Å². The van der Waals surface area contributed by atoms with Crippen LogP contribution in [0.1, 0.15) is 33.3 Å². The van der Waals surface area contributed by atoms with Crippen molar-refractivity contribution >= 4 is 53.9 Å². The Morgan fingerprint density at radius 1 is 0.882 bits per heavy atom. The standard InChI is InChI=1S/2C11H11BrO.C6H5BrO/c1-11(2)6-5-8-7-9(12)3-4-10(8)13-11;1-4-11(2,3)13-10-7-5-9(12)6-8-10;7-5-1-3-6(8)4-2-5/h3-7H,1-2H3;1,5-8H,2-3H3;1-4,8H. The lowest BCUT2D eigenvalue weighted by Gasteiger charge is -2.27. The molecular weight excluding hydrogens is 624 g/mol. The van der Waals surface area contributed by atoms with Gasteiger partial charge in [0.25, 0.3) is 0 Å². The van der Waals surface area contributed by atoms with Gasteiger partial charge in [0.1, 0.15) is 22.8 Å². The van der Waals surface area contributed by atoms with E-state index in [9.17, 15) is 0 Å². The largest absolute Gasteiger partial charge is 0.508 e. The minimum atomic E-state index is -0.548. The van der Waals surface area contributed by atoms with E-state index in [1.165, 1.54) is 0 Å².